The second kappa shape index (κ2) is 7.69. The molecular weight excluding hydrogens is 305 g/mol. The highest BCUT2D eigenvalue weighted by molar-refractivity contribution is 9.09. The molecule has 1 rings (SSSR count). The Balaban J connectivity index is 2.37. The summed E-state index contributed by atoms with van der Waals surface area (Å²) in [5, 5.41) is 3.44. The molecule has 0 spiro atoms. The lowest BCUT2D eigenvalue weighted by atomic mass is 10.1. The predicted molar refractivity (Wildman–Crippen MR) is 72.8 cm³/mol. The van der Waals surface area contributed by atoms with Gasteiger partial charge in [0.15, 0.2) is 0 Å². The fraction of sp³-hybridized carbons (Fsp3) is 0.417. The number of rotatable bonds is 6. The summed E-state index contributed by atoms with van der Waals surface area (Å²) in [5.41, 5.74) is 0.838. The van der Waals surface area contributed by atoms with Gasteiger partial charge in [0.25, 0.3) is 0 Å². The maximum Gasteiger partial charge on any atom is 0.224 e. The third-order valence-corrected chi connectivity index (χ3v) is 3.13. The van der Waals surface area contributed by atoms with Crippen LogP contribution in [0.25, 0.3) is 0 Å². The highest BCUT2D eigenvalue weighted by Crippen LogP contribution is 2.15. The molecule has 0 radical (unpaired) electrons. The van der Waals surface area contributed by atoms with E-state index in [1.165, 1.54) is 0 Å². The molecule has 1 unspecified atom stereocenters. The van der Waals surface area contributed by atoms with Crippen LogP contribution in [0.5, 0.6) is 0 Å². The van der Waals surface area contributed by atoms with Crippen molar-refractivity contribution in [3.8, 4) is 0 Å². The number of halogens is 2. The first-order valence-electron chi connectivity index (χ1n) is 5.26. The molecule has 0 saturated carbocycles. The average Bonchev–Trinajstić information content (AvgIpc) is 2.30. The molecule has 3 nitrogen and oxygen atoms in total. The zero-order valence-electron chi connectivity index (χ0n) is 9.58. The second-order valence-electron chi connectivity index (χ2n) is 3.62. The molecule has 94 valence electrons. The highest BCUT2D eigenvalue weighted by Gasteiger charge is 2.08. The maximum atomic E-state index is 11.6. The Morgan fingerprint density at radius 3 is 2.88 bits per heavy atom. The monoisotopic (exact) mass is 319 g/mol. The van der Waals surface area contributed by atoms with Crippen molar-refractivity contribution < 1.29 is 9.53 Å². The Morgan fingerprint density at radius 1 is 1.53 bits per heavy atom. The summed E-state index contributed by atoms with van der Waals surface area (Å²) in [6, 6.07) is 7.34. The van der Waals surface area contributed by atoms with E-state index in [-0.39, 0.29) is 10.7 Å². The first-order chi connectivity index (χ1) is 8.13. The zero-order valence-corrected chi connectivity index (χ0v) is 11.9. The largest absolute Gasteiger partial charge is 0.383 e. The number of carbonyl (C=O) groups excluding carboxylic acids is 1. The van der Waals surface area contributed by atoms with Gasteiger partial charge in [0.1, 0.15) is 0 Å². The van der Waals surface area contributed by atoms with Crippen molar-refractivity contribution in [1.82, 2.24) is 5.32 Å². The number of alkyl halides is 1. The molecule has 1 aromatic rings. The summed E-state index contributed by atoms with van der Waals surface area (Å²) >= 11 is 9.37. The molecule has 0 fully saturated rings. The summed E-state index contributed by atoms with van der Waals surface area (Å²) in [6.45, 7) is 1.10. The molecular formula is C12H15BrClNO2. The highest BCUT2D eigenvalue weighted by atomic mass is 79.9. The number of hydrogen-bond donors (Lipinski definition) is 1. The number of nitrogens with one attached hydrogen (secondary N) is 1. The van der Waals surface area contributed by atoms with Gasteiger partial charge in [-0.2, -0.15) is 0 Å². The number of methoxy groups -OCH3 is 1. The lowest BCUT2D eigenvalue weighted by Crippen LogP contribution is -2.32. The maximum absolute atomic E-state index is 11.6. The van der Waals surface area contributed by atoms with E-state index < -0.39 is 0 Å². The van der Waals surface area contributed by atoms with Gasteiger partial charge < -0.3 is 10.1 Å². The van der Waals surface area contributed by atoms with Crippen molar-refractivity contribution in [3.05, 3.63) is 34.9 Å². The topological polar surface area (TPSA) is 38.3 Å². The van der Waals surface area contributed by atoms with Gasteiger partial charge in [0.05, 0.1) is 17.9 Å². The molecule has 17 heavy (non-hydrogen) atoms. The van der Waals surface area contributed by atoms with E-state index in [1.54, 1.807) is 13.2 Å². The summed E-state index contributed by atoms with van der Waals surface area (Å²) in [7, 11) is 1.62. The number of hydrogen-bond acceptors (Lipinski definition) is 2. The van der Waals surface area contributed by atoms with Crippen LogP contribution >= 0.6 is 27.5 Å². The molecule has 0 saturated heterocycles. The van der Waals surface area contributed by atoms with Gasteiger partial charge in [-0.3, -0.25) is 4.79 Å². The van der Waals surface area contributed by atoms with Gasteiger partial charge in [0.2, 0.25) is 5.91 Å². The van der Waals surface area contributed by atoms with E-state index in [9.17, 15) is 4.79 Å². The van der Waals surface area contributed by atoms with Crippen molar-refractivity contribution >= 4 is 33.4 Å². The third-order valence-electron chi connectivity index (χ3n) is 2.18. The van der Waals surface area contributed by atoms with Crippen LogP contribution in [0.4, 0.5) is 0 Å². The Hall–Kier alpha value is -0.580. The van der Waals surface area contributed by atoms with Crippen LogP contribution in [0.15, 0.2) is 24.3 Å². The standard InChI is InChI=1S/C12H15BrClNO2/c1-17-8-10(13)7-15-12(16)6-9-4-2-3-5-11(9)14/h2-5,10H,6-8H2,1H3,(H,15,16). The minimum atomic E-state index is -0.0429. The molecule has 0 aromatic heterocycles. The summed E-state index contributed by atoms with van der Waals surface area (Å²) < 4.78 is 4.95. The minimum Gasteiger partial charge on any atom is -0.383 e. The van der Waals surface area contributed by atoms with Gasteiger partial charge in [0, 0.05) is 18.7 Å². The lowest BCUT2D eigenvalue weighted by molar-refractivity contribution is -0.120. The molecule has 1 N–H and O–H groups in total. The van der Waals surface area contributed by atoms with Gasteiger partial charge in [-0.15, -0.1) is 0 Å². The van der Waals surface area contributed by atoms with Crippen molar-refractivity contribution in [3.63, 3.8) is 0 Å². The quantitative estimate of drug-likeness (QED) is 0.818. The van der Waals surface area contributed by atoms with Crippen molar-refractivity contribution in [2.24, 2.45) is 0 Å². The Labute approximate surface area is 115 Å². The van der Waals surface area contributed by atoms with Crippen LogP contribution in [0.1, 0.15) is 5.56 Å². The molecule has 1 atom stereocenters. The predicted octanol–water partition coefficient (Wildman–Crippen LogP) is 2.41. The number of amides is 1. The van der Waals surface area contributed by atoms with Crippen LogP contribution in [-0.2, 0) is 16.0 Å². The summed E-state index contributed by atoms with van der Waals surface area (Å²) in [4.78, 5) is 11.8. The van der Waals surface area contributed by atoms with E-state index in [1.807, 2.05) is 18.2 Å². The van der Waals surface area contributed by atoms with Gasteiger partial charge in [-0.05, 0) is 11.6 Å². The van der Waals surface area contributed by atoms with Crippen LogP contribution < -0.4 is 5.32 Å². The van der Waals surface area contributed by atoms with Gasteiger partial charge in [-0.25, -0.2) is 0 Å². The SMILES string of the molecule is COCC(Br)CNC(=O)Cc1ccccc1Cl. The first kappa shape index (κ1) is 14.5. The van der Waals surface area contributed by atoms with Gasteiger partial charge >= 0.3 is 0 Å². The number of benzene rings is 1. The molecule has 0 bridgehead atoms. The fourth-order valence-electron chi connectivity index (χ4n) is 1.34. The molecule has 0 heterocycles. The molecule has 1 aromatic carbocycles. The normalized spacial score (nSPS) is 12.2. The molecule has 0 aliphatic rings. The third kappa shape index (κ3) is 5.52. The number of carbonyl (C=O) groups is 1. The van der Waals surface area contributed by atoms with E-state index in [2.05, 4.69) is 21.2 Å². The Kier molecular flexibility index (Phi) is 6.55. The molecule has 0 aliphatic heterocycles. The molecule has 0 aliphatic carbocycles. The average molecular weight is 321 g/mol. The van der Waals surface area contributed by atoms with E-state index in [0.717, 1.165) is 5.56 Å². The lowest BCUT2D eigenvalue weighted by Gasteiger charge is -2.10. The fourth-order valence-corrected chi connectivity index (χ4v) is 1.97. The van der Waals surface area contributed by atoms with E-state index >= 15 is 0 Å². The van der Waals surface area contributed by atoms with Crippen LogP contribution in [-0.4, -0.2) is 31.0 Å². The Morgan fingerprint density at radius 2 is 2.24 bits per heavy atom. The summed E-state index contributed by atoms with van der Waals surface area (Å²) in [5.74, 6) is -0.0429. The first-order valence-corrected chi connectivity index (χ1v) is 6.56. The Bertz CT molecular complexity index is 373. The molecule has 1 amide bonds. The van der Waals surface area contributed by atoms with Crippen LogP contribution in [0.2, 0.25) is 5.02 Å². The van der Waals surface area contributed by atoms with Crippen molar-refractivity contribution in [1.29, 1.82) is 0 Å². The zero-order chi connectivity index (χ0) is 12.7. The van der Waals surface area contributed by atoms with E-state index in [4.69, 9.17) is 16.3 Å². The van der Waals surface area contributed by atoms with Gasteiger partial charge in [-0.1, -0.05) is 45.7 Å². The minimum absolute atomic E-state index is 0.0429. The van der Waals surface area contributed by atoms with Crippen molar-refractivity contribution in [2.45, 2.75) is 11.2 Å². The van der Waals surface area contributed by atoms with Crippen molar-refractivity contribution in [2.75, 3.05) is 20.3 Å². The second-order valence-corrected chi connectivity index (χ2v) is 5.33. The summed E-state index contributed by atoms with van der Waals surface area (Å²) in [6.07, 6.45) is 0.298. The van der Waals surface area contributed by atoms with Crippen LogP contribution in [0.3, 0.4) is 0 Å². The van der Waals surface area contributed by atoms with E-state index in [0.29, 0.717) is 24.6 Å². The number of ether oxygens (including phenoxy) is 1. The van der Waals surface area contributed by atoms with Crippen LogP contribution in [0, 0.1) is 0 Å². The molecule has 5 heteroatoms. The smallest absolute Gasteiger partial charge is 0.224 e.